The molecule has 8 heteroatoms. The van der Waals surface area contributed by atoms with Crippen molar-refractivity contribution in [2.24, 2.45) is 0 Å². The summed E-state index contributed by atoms with van der Waals surface area (Å²) in [5.41, 5.74) is 2.06. The van der Waals surface area contributed by atoms with Gasteiger partial charge in [0.1, 0.15) is 0 Å². The molecule has 0 fully saturated rings. The summed E-state index contributed by atoms with van der Waals surface area (Å²) in [4.78, 5) is 47.7. The van der Waals surface area contributed by atoms with Crippen LogP contribution in [0.5, 0.6) is 0 Å². The van der Waals surface area contributed by atoms with Crippen molar-refractivity contribution in [2.45, 2.75) is 64.2 Å². The summed E-state index contributed by atoms with van der Waals surface area (Å²) in [6.07, 6.45) is 12.4. The van der Waals surface area contributed by atoms with Crippen LogP contribution in [0.4, 0.5) is 0 Å². The Labute approximate surface area is 264 Å². The number of benzene rings is 2. The molecule has 2 aromatic carbocycles. The van der Waals surface area contributed by atoms with Crippen LogP contribution in [-0.2, 0) is 0 Å². The van der Waals surface area contributed by atoms with Gasteiger partial charge in [0.25, 0.3) is 23.6 Å². The molecule has 1 N–H and O–H groups in total. The molecular formula is C28H34BrKN2O4. The topological polar surface area (TPSA) is 83.5 Å². The Balaban J connectivity index is 0.000000316. The zero-order chi connectivity index (χ0) is 25.0. The molecular weight excluding hydrogens is 547 g/mol. The third-order valence-corrected chi connectivity index (χ3v) is 6.85. The number of carbonyl (C=O) groups excluding carboxylic acids is 4. The van der Waals surface area contributed by atoms with Gasteiger partial charge in [-0.3, -0.25) is 29.4 Å². The zero-order valence-electron chi connectivity index (χ0n) is 20.1. The average Bonchev–Trinajstić information content (AvgIpc) is 3.30. The second-order valence-corrected chi connectivity index (χ2v) is 9.65. The van der Waals surface area contributed by atoms with Gasteiger partial charge < -0.3 is 0 Å². The average molecular weight is 582 g/mol. The summed E-state index contributed by atoms with van der Waals surface area (Å²) in [5, 5.41) is 3.33. The molecule has 0 unspecified atom stereocenters. The van der Waals surface area contributed by atoms with E-state index in [1.165, 1.54) is 56.3 Å². The fourth-order valence-corrected chi connectivity index (χ4v) is 4.73. The summed E-state index contributed by atoms with van der Waals surface area (Å²) in [5.74, 6) is -0.852. The normalized spacial score (nSPS) is 13.5. The SMILES string of the molecule is O=C1NC(=O)c2ccccc21.O=C1c2ccccc2C(=O)N1CCCCCCCCCCCCBr.[KH]. The molecule has 0 saturated heterocycles. The first-order valence-electron chi connectivity index (χ1n) is 12.5. The zero-order valence-corrected chi connectivity index (χ0v) is 21.6. The van der Waals surface area contributed by atoms with Crippen molar-refractivity contribution in [3.05, 3.63) is 70.8 Å². The molecule has 2 aliphatic rings. The summed E-state index contributed by atoms with van der Waals surface area (Å²) >= 11 is 3.46. The number of fused-ring (bicyclic) bond motifs is 2. The molecule has 4 rings (SSSR count). The number of halogens is 1. The predicted octanol–water partition coefficient (Wildman–Crippen LogP) is 5.50. The van der Waals surface area contributed by atoms with E-state index in [0.29, 0.717) is 28.8 Å². The van der Waals surface area contributed by atoms with Gasteiger partial charge in [-0.25, -0.2) is 0 Å². The monoisotopic (exact) mass is 580 g/mol. The molecule has 0 aliphatic carbocycles. The Morgan fingerprint density at radius 1 is 0.556 bits per heavy atom. The third kappa shape index (κ3) is 8.70. The van der Waals surface area contributed by atoms with E-state index in [0.717, 1.165) is 18.2 Å². The van der Waals surface area contributed by atoms with Gasteiger partial charge in [0.2, 0.25) is 0 Å². The molecule has 0 bridgehead atoms. The maximum atomic E-state index is 12.2. The first-order chi connectivity index (χ1) is 17.0. The van der Waals surface area contributed by atoms with Gasteiger partial charge in [-0.2, -0.15) is 0 Å². The first-order valence-corrected chi connectivity index (χ1v) is 13.6. The van der Waals surface area contributed by atoms with Gasteiger partial charge >= 0.3 is 51.4 Å². The van der Waals surface area contributed by atoms with Gasteiger partial charge in [0, 0.05) is 11.9 Å². The standard InChI is InChI=1S/C20H28BrNO2.C8H5NO2.K.H/c21-15-11-7-5-3-1-2-4-6-8-12-16-22-19(23)17-13-9-10-14-18(17)20(22)24;10-7-5-3-1-2-4-6(5)8(11)9-7;;/h9-10,13-14H,1-8,11-12,15-16H2;1-4H,(H,9,10,11);;. The van der Waals surface area contributed by atoms with Crippen molar-refractivity contribution < 1.29 is 19.2 Å². The number of nitrogens with zero attached hydrogens (tertiary/aromatic N) is 1. The van der Waals surface area contributed by atoms with Gasteiger partial charge in [-0.15, -0.1) is 0 Å². The van der Waals surface area contributed by atoms with Gasteiger partial charge in [0.15, 0.2) is 0 Å². The van der Waals surface area contributed by atoms with Crippen molar-refractivity contribution in [3.63, 3.8) is 0 Å². The first kappa shape index (κ1) is 31.1. The number of alkyl halides is 1. The second-order valence-electron chi connectivity index (χ2n) is 8.86. The number of carbonyl (C=O) groups is 4. The Kier molecular flexibility index (Phi) is 14.3. The second kappa shape index (κ2) is 16.6. The quantitative estimate of drug-likeness (QED) is 0.155. The van der Waals surface area contributed by atoms with Crippen LogP contribution < -0.4 is 5.32 Å². The fraction of sp³-hybridized carbons (Fsp3) is 0.429. The van der Waals surface area contributed by atoms with Gasteiger partial charge in [-0.05, 0) is 37.1 Å². The number of amides is 4. The van der Waals surface area contributed by atoms with E-state index < -0.39 is 0 Å². The third-order valence-electron chi connectivity index (χ3n) is 6.29. The number of rotatable bonds is 12. The van der Waals surface area contributed by atoms with Crippen LogP contribution in [-0.4, -0.2) is 91.8 Å². The van der Waals surface area contributed by atoms with Crippen LogP contribution >= 0.6 is 15.9 Å². The molecule has 0 radical (unpaired) electrons. The molecule has 0 atom stereocenters. The summed E-state index contributed by atoms with van der Waals surface area (Å²) in [6, 6.07) is 13.8. The Bertz CT molecular complexity index is 991. The van der Waals surface area contributed by atoms with E-state index in [2.05, 4.69) is 21.2 Å². The molecule has 6 nitrogen and oxygen atoms in total. The van der Waals surface area contributed by atoms with Crippen LogP contribution in [0.3, 0.4) is 0 Å². The van der Waals surface area contributed by atoms with E-state index in [9.17, 15) is 19.2 Å². The van der Waals surface area contributed by atoms with Gasteiger partial charge in [-0.1, -0.05) is 91.6 Å². The Hall–Kier alpha value is -1.16. The number of unbranched alkanes of at least 4 members (excludes halogenated alkanes) is 9. The molecule has 36 heavy (non-hydrogen) atoms. The van der Waals surface area contributed by atoms with E-state index in [-0.39, 0.29) is 75.0 Å². The number of hydrogen-bond acceptors (Lipinski definition) is 4. The Morgan fingerprint density at radius 3 is 1.33 bits per heavy atom. The molecule has 4 amide bonds. The van der Waals surface area contributed by atoms with Crippen LogP contribution in [0, 0.1) is 0 Å². The molecule has 188 valence electrons. The molecule has 2 aliphatic heterocycles. The molecule has 2 heterocycles. The minimum atomic E-state index is -0.300. The van der Waals surface area contributed by atoms with Crippen molar-refractivity contribution in [2.75, 3.05) is 11.9 Å². The molecule has 0 aromatic heterocycles. The number of imide groups is 2. The van der Waals surface area contributed by atoms with E-state index in [1.807, 2.05) is 12.1 Å². The van der Waals surface area contributed by atoms with Crippen LogP contribution in [0.1, 0.15) is 106 Å². The van der Waals surface area contributed by atoms with Crippen LogP contribution in [0.15, 0.2) is 48.5 Å². The number of nitrogens with one attached hydrogen (secondary N) is 1. The summed E-state index contributed by atoms with van der Waals surface area (Å²) in [6.45, 7) is 0.554. The van der Waals surface area contributed by atoms with Crippen molar-refractivity contribution in [1.29, 1.82) is 0 Å². The summed E-state index contributed by atoms with van der Waals surface area (Å²) in [7, 11) is 0. The molecule has 2 aromatic rings. The fourth-order valence-electron chi connectivity index (χ4n) is 4.34. The van der Waals surface area contributed by atoms with E-state index in [4.69, 9.17) is 0 Å². The Morgan fingerprint density at radius 2 is 0.917 bits per heavy atom. The maximum absolute atomic E-state index is 12.2. The van der Waals surface area contributed by atoms with Crippen molar-refractivity contribution >= 4 is 90.9 Å². The predicted molar refractivity (Wildman–Crippen MR) is 147 cm³/mol. The molecule has 0 saturated carbocycles. The van der Waals surface area contributed by atoms with Crippen molar-refractivity contribution in [3.8, 4) is 0 Å². The number of hydrogen-bond donors (Lipinski definition) is 1. The van der Waals surface area contributed by atoms with E-state index >= 15 is 0 Å². The molecule has 0 spiro atoms. The van der Waals surface area contributed by atoms with Crippen LogP contribution in [0.2, 0.25) is 0 Å². The minimum absolute atomic E-state index is 0. The van der Waals surface area contributed by atoms with Gasteiger partial charge in [0.05, 0.1) is 22.3 Å². The van der Waals surface area contributed by atoms with Crippen LogP contribution in [0.25, 0.3) is 0 Å². The van der Waals surface area contributed by atoms with E-state index in [1.54, 1.807) is 36.4 Å². The summed E-state index contributed by atoms with van der Waals surface area (Å²) < 4.78 is 0. The van der Waals surface area contributed by atoms with Crippen molar-refractivity contribution in [1.82, 2.24) is 10.2 Å².